The third-order valence-corrected chi connectivity index (χ3v) is 3.89. The van der Waals surface area contributed by atoms with Crippen LogP contribution >= 0.6 is 0 Å². The van der Waals surface area contributed by atoms with Gasteiger partial charge in [0.25, 0.3) is 5.91 Å². The molecule has 3 rings (SSSR count). The van der Waals surface area contributed by atoms with Crippen molar-refractivity contribution in [3.8, 4) is 28.6 Å². The molecular formula is C21H21N3O3. The summed E-state index contributed by atoms with van der Waals surface area (Å²) in [7, 11) is 1.60. The average molecular weight is 363 g/mol. The highest BCUT2D eigenvalue weighted by molar-refractivity contribution is 5.94. The van der Waals surface area contributed by atoms with Crippen molar-refractivity contribution in [1.82, 2.24) is 15.3 Å². The van der Waals surface area contributed by atoms with E-state index in [1.54, 1.807) is 37.7 Å². The maximum absolute atomic E-state index is 12.0. The molecule has 0 fully saturated rings. The van der Waals surface area contributed by atoms with Crippen molar-refractivity contribution in [2.45, 2.75) is 13.3 Å². The van der Waals surface area contributed by atoms with Gasteiger partial charge in [-0.15, -0.1) is 0 Å². The molecule has 0 aliphatic carbocycles. The Hall–Kier alpha value is -3.41. The molecule has 1 heterocycles. The van der Waals surface area contributed by atoms with Gasteiger partial charge in [0.05, 0.1) is 7.11 Å². The summed E-state index contributed by atoms with van der Waals surface area (Å²) in [5.74, 6) is 1.23. The summed E-state index contributed by atoms with van der Waals surface area (Å²) >= 11 is 0. The number of benzene rings is 2. The van der Waals surface area contributed by atoms with E-state index in [0.717, 1.165) is 17.5 Å². The second-order valence-electron chi connectivity index (χ2n) is 5.87. The minimum absolute atomic E-state index is 0.0679. The lowest BCUT2D eigenvalue weighted by Crippen LogP contribution is -2.23. The molecule has 0 saturated carbocycles. The number of hydrogen-bond donors (Lipinski definition) is 1. The molecule has 0 radical (unpaired) electrons. The van der Waals surface area contributed by atoms with Crippen LogP contribution in [0.1, 0.15) is 23.7 Å². The van der Waals surface area contributed by atoms with Gasteiger partial charge in [-0.3, -0.25) is 4.79 Å². The molecule has 0 spiro atoms. The van der Waals surface area contributed by atoms with Crippen LogP contribution in [0.25, 0.3) is 11.1 Å². The average Bonchev–Trinajstić information content (AvgIpc) is 2.73. The minimum atomic E-state index is -0.0679. The Morgan fingerprint density at radius 2 is 1.70 bits per heavy atom. The summed E-state index contributed by atoms with van der Waals surface area (Å²) in [6.45, 7) is 2.69. The zero-order chi connectivity index (χ0) is 19.1. The Balaban J connectivity index is 1.68. The maximum atomic E-state index is 12.0. The summed E-state index contributed by atoms with van der Waals surface area (Å²) in [5.41, 5.74) is 2.40. The highest BCUT2D eigenvalue weighted by atomic mass is 16.5. The number of hydrogen-bond acceptors (Lipinski definition) is 5. The summed E-state index contributed by atoms with van der Waals surface area (Å²) in [5, 5.41) is 2.86. The molecule has 3 aromatic rings. The molecule has 0 saturated heterocycles. The highest BCUT2D eigenvalue weighted by Gasteiger charge is 2.07. The lowest BCUT2D eigenvalue weighted by atomic mass is 10.1. The third kappa shape index (κ3) is 4.82. The number of aromatic nitrogens is 2. The molecule has 0 atom stereocenters. The predicted molar refractivity (Wildman–Crippen MR) is 103 cm³/mol. The summed E-state index contributed by atoms with van der Waals surface area (Å²) in [6.07, 6.45) is 4.29. The molecule has 1 aromatic heterocycles. The van der Waals surface area contributed by atoms with Gasteiger partial charge >= 0.3 is 6.01 Å². The van der Waals surface area contributed by atoms with Crippen LogP contribution in [0.5, 0.6) is 17.5 Å². The Labute approximate surface area is 158 Å². The van der Waals surface area contributed by atoms with E-state index in [-0.39, 0.29) is 11.9 Å². The van der Waals surface area contributed by atoms with Crippen LogP contribution in [-0.2, 0) is 0 Å². The number of methoxy groups -OCH3 is 1. The Bertz CT molecular complexity index is 893. The van der Waals surface area contributed by atoms with E-state index in [4.69, 9.17) is 9.47 Å². The lowest BCUT2D eigenvalue weighted by molar-refractivity contribution is 0.0953. The Kier molecular flexibility index (Phi) is 5.99. The van der Waals surface area contributed by atoms with Gasteiger partial charge in [-0.1, -0.05) is 25.1 Å². The van der Waals surface area contributed by atoms with E-state index in [0.29, 0.717) is 23.6 Å². The first-order valence-electron chi connectivity index (χ1n) is 8.72. The van der Waals surface area contributed by atoms with Gasteiger partial charge in [0.1, 0.15) is 11.5 Å². The van der Waals surface area contributed by atoms with Crippen molar-refractivity contribution < 1.29 is 14.3 Å². The zero-order valence-corrected chi connectivity index (χ0v) is 15.3. The van der Waals surface area contributed by atoms with Gasteiger partial charge in [0, 0.05) is 36.1 Å². The van der Waals surface area contributed by atoms with E-state index >= 15 is 0 Å². The molecule has 27 heavy (non-hydrogen) atoms. The van der Waals surface area contributed by atoms with E-state index in [1.165, 1.54) is 0 Å². The first-order valence-corrected chi connectivity index (χ1v) is 8.72. The first kappa shape index (κ1) is 18.4. The van der Waals surface area contributed by atoms with Crippen LogP contribution in [0.3, 0.4) is 0 Å². The molecular weight excluding hydrogens is 342 g/mol. The number of rotatable bonds is 7. The van der Waals surface area contributed by atoms with Crippen molar-refractivity contribution in [3.05, 3.63) is 66.5 Å². The van der Waals surface area contributed by atoms with Crippen LogP contribution in [0, 0.1) is 0 Å². The molecule has 6 nitrogen and oxygen atoms in total. The van der Waals surface area contributed by atoms with E-state index < -0.39 is 0 Å². The first-order chi connectivity index (χ1) is 13.2. The van der Waals surface area contributed by atoms with E-state index in [2.05, 4.69) is 15.3 Å². The third-order valence-electron chi connectivity index (χ3n) is 3.89. The minimum Gasteiger partial charge on any atom is -0.497 e. The van der Waals surface area contributed by atoms with Gasteiger partial charge in [0.15, 0.2) is 0 Å². The molecule has 0 unspecified atom stereocenters. The quantitative estimate of drug-likeness (QED) is 0.684. The van der Waals surface area contributed by atoms with Gasteiger partial charge < -0.3 is 14.8 Å². The Morgan fingerprint density at radius 3 is 2.37 bits per heavy atom. The zero-order valence-electron chi connectivity index (χ0n) is 15.3. The standard InChI is InChI=1S/C21H21N3O3/c1-3-11-22-20(25)16-9-7-15(8-10-16)17-13-23-21(24-14-17)27-19-6-4-5-18(12-19)26-2/h4-10,12-14H,3,11H2,1-2H3,(H,22,25). The molecule has 138 valence electrons. The topological polar surface area (TPSA) is 73.3 Å². The molecule has 0 aliphatic heterocycles. The van der Waals surface area contributed by atoms with Crippen molar-refractivity contribution in [1.29, 1.82) is 0 Å². The second kappa shape index (κ2) is 8.80. The van der Waals surface area contributed by atoms with Crippen LogP contribution in [0.4, 0.5) is 0 Å². The summed E-state index contributed by atoms with van der Waals surface area (Å²) in [4.78, 5) is 20.5. The monoisotopic (exact) mass is 363 g/mol. The van der Waals surface area contributed by atoms with Crippen LogP contribution in [0.2, 0.25) is 0 Å². The fraction of sp³-hybridized carbons (Fsp3) is 0.190. The number of carbonyl (C=O) groups is 1. The van der Waals surface area contributed by atoms with E-state index in [1.807, 2.05) is 37.3 Å². The molecule has 0 bridgehead atoms. The van der Waals surface area contributed by atoms with Crippen LogP contribution < -0.4 is 14.8 Å². The van der Waals surface area contributed by atoms with Gasteiger partial charge in [0.2, 0.25) is 0 Å². The van der Waals surface area contributed by atoms with Crippen LogP contribution in [0.15, 0.2) is 60.9 Å². The number of ether oxygens (including phenoxy) is 2. The maximum Gasteiger partial charge on any atom is 0.321 e. The second-order valence-corrected chi connectivity index (χ2v) is 5.87. The SMILES string of the molecule is CCCNC(=O)c1ccc(-c2cnc(Oc3cccc(OC)c3)nc2)cc1. The Morgan fingerprint density at radius 1 is 1.00 bits per heavy atom. The number of nitrogens with one attached hydrogen (secondary N) is 1. The number of amides is 1. The van der Waals surface area contributed by atoms with Crippen molar-refractivity contribution in [3.63, 3.8) is 0 Å². The van der Waals surface area contributed by atoms with Crippen molar-refractivity contribution in [2.75, 3.05) is 13.7 Å². The molecule has 1 N–H and O–H groups in total. The van der Waals surface area contributed by atoms with Crippen molar-refractivity contribution in [2.24, 2.45) is 0 Å². The van der Waals surface area contributed by atoms with Gasteiger partial charge in [-0.25, -0.2) is 9.97 Å². The highest BCUT2D eigenvalue weighted by Crippen LogP contribution is 2.24. The molecule has 1 amide bonds. The molecule has 2 aromatic carbocycles. The summed E-state index contributed by atoms with van der Waals surface area (Å²) in [6, 6.07) is 14.8. The van der Waals surface area contributed by atoms with Crippen LogP contribution in [-0.4, -0.2) is 29.5 Å². The fourth-order valence-electron chi connectivity index (χ4n) is 2.44. The predicted octanol–water partition coefficient (Wildman–Crippen LogP) is 4.08. The van der Waals surface area contributed by atoms with Crippen molar-refractivity contribution >= 4 is 5.91 Å². The number of nitrogens with zero attached hydrogens (tertiary/aromatic N) is 2. The molecule has 0 aliphatic rings. The molecule has 6 heteroatoms. The van der Waals surface area contributed by atoms with E-state index in [9.17, 15) is 4.79 Å². The fourth-order valence-corrected chi connectivity index (χ4v) is 2.44. The number of carbonyl (C=O) groups excluding carboxylic acids is 1. The normalized spacial score (nSPS) is 10.3. The largest absolute Gasteiger partial charge is 0.497 e. The summed E-state index contributed by atoms with van der Waals surface area (Å²) < 4.78 is 10.8. The van der Waals surface area contributed by atoms with Gasteiger partial charge in [-0.05, 0) is 36.2 Å². The van der Waals surface area contributed by atoms with Gasteiger partial charge in [-0.2, -0.15) is 0 Å². The lowest BCUT2D eigenvalue weighted by Gasteiger charge is -2.07. The smallest absolute Gasteiger partial charge is 0.321 e.